The average molecular weight is 407 g/mol. The molecule has 0 aliphatic heterocycles. The molecule has 0 radical (unpaired) electrons. The van der Waals surface area contributed by atoms with Crippen LogP contribution in [0, 0.1) is 13.8 Å². The third-order valence-electron chi connectivity index (χ3n) is 5.65. The van der Waals surface area contributed by atoms with Crippen LogP contribution in [0.5, 0.6) is 0 Å². The SMILES string of the molecule is Cc1nc(C2(NC(=O)c3cc(-c4ccco4)nc4onc(C)c34)CCCCC2)no1. The monoisotopic (exact) mass is 407 g/mol. The summed E-state index contributed by atoms with van der Waals surface area (Å²) < 4.78 is 16.0. The van der Waals surface area contributed by atoms with Crippen molar-refractivity contribution in [3.63, 3.8) is 0 Å². The number of amides is 1. The first-order valence-electron chi connectivity index (χ1n) is 10.00. The molecule has 0 saturated heterocycles. The summed E-state index contributed by atoms with van der Waals surface area (Å²) in [6, 6.07) is 5.25. The van der Waals surface area contributed by atoms with E-state index < -0.39 is 5.54 Å². The second kappa shape index (κ2) is 7.08. The van der Waals surface area contributed by atoms with E-state index in [1.165, 1.54) is 0 Å². The fraction of sp³-hybridized carbons (Fsp3) is 0.381. The number of carbonyl (C=O) groups is 1. The summed E-state index contributed by atoms with van der Waals surface area (Å²) in [6.07, 6.45) is 6.12. The van der Waals surface area contributed by atoms with Crippen molar-refractivity contribution in [2.75, 3.05) is 0 Å². The minimum Gasteiger partial charge on any atom is -0.463 e. The van der Waals surface area contributed by atoms with Gasteiger partial charge in [-0.2, -0.15) is 4.98 Å². The number of hydrogen-bond acceptors (Lipinski definition) is 8. The van der Waals surface area contributed by atoms with Gasteiger partial charge < -0.3 is 18.8 Å². The topological polar surface area (TPSA) is 120 Å². The van der Waals surface area contributed by atoms with E-state index in [2.05, 4.69) is 25.6 Å². The molecule has 1 aliphatic carbocycles. The van der Waals surface area contributed by atoms with Crippen LogP contribution in [0.2, 0.25) is 0 Å². The van der Waals surface area contributed by atoms with Gasteiger partial charge in [-0.15, -0.1) is 0 Å². The number of aromatic nitrogens is 4. The van der Waals surface area contributed by atoms with Crippen LogP contribution in [-0.4, -0.2) is 26.2 Å². The molecule has 9 nitrogen and oxygen atoms in total. The molecule has 4 aromatic rings. The highest BCUT2D eigenvalue weighted by atomic mass is 16.5. The number of aryl methyl sites for hydroxylation is 2. The van der Waals surface area contributed by atoms with Crippen LogP contribution >= 0.6 is 0 Å². The van der Waals surface area contributed by atoms with Crippen molar-refractivity contribution < 1.29 is 18.3 Å². The molecule has 1 N–H and O–H groups in total. The number of hydrogen-bond donors (Lipinski definition) is 1. The van der Waals surface area contributed by atoms with Crippen molar-refractivity contribution in [1.29, 1.82) is 0 Å². The van der Waals surface area contributed by atoms with Crippen LogP contribution in [0.3, 0.4) is 0 Å². The number of rotatable bonds is 4. The normalized spacial score (nSPS) is 16.1. The molecule has 1 fully saturated rings. The highest BCUT2D eigenvalue weighted by Crippen LogP contribution is 2.37. The summed E-state index contributed by atoms with van der Waals surface area (Å²) in [7, 11) is 0. The van der Waals surface area contributed by atoms with Crippen molar-refractivity contribution in [3.8, 4) is 11.5 Å². The molecule has 0 aromatic carbocycles. The van der Waals surface area contributed by atoms with Gasteiger partial charge in [-0.1, -0.05) is 29.6 Å². The van der Waals surface area contributed by atoms with Crippen molar-refractivity contribution in [1.82, 2.24) is 25.6 Å². The number of nitrogens with one attached hydrogen (secondary N) is 1. The van der Waals surface area contributed by atoms with Crippen LogP contribution in [0.1, 0.15) is 59.9 Å². The molecular formula is C21H21N5O4. The molecule has 5 rings (SSSR count). The van der Waals surface area contributed by atoms with Crippen molar-refractivity contribution in [3.05, 3.63) is 47.4 Å². The maximum atomic E-state index is 13.6. The van der Waals surface area contributed by atoms with Crippen molar-refractivity contribution >= 4 is 17.0 Å². The van der Waals surface area contributed by atoms with Gasteiger partial charge in [0.1, 0.15) is 11.2 Å². The number of carbonyl (C=O) groups excluding carboxylic acids is 1. The maximum Gasteiger partial charge on any atom is 0.259 e. The lowest BCUT2D eigenvalue weighted by molar-refractivity contribution is 0.0857. The molecule has 1 saturated carbocycles. The van der Waals surface area contributed by atoms with Crippen LogP contribution in [0.25, 0.3) is 22.6 Å². The van der Waals surface area contributed by atoms with Gasteiger partial charge in [0, 0.05) is 6.92 Å². The molecule has 0 spiro atoms. The molecule has 154 valence electrons. The molecular weight excluding hydrogens is 386 g/mol. The Kier molecular flexibility index (Phi) is 4.38. The summed E-state index contributed by atoms with van der Waals surface area (Å²) in [6.45, 7) is 3.53. The van der Waals surface area contributed by atoms with Gasteiger partial charge in [0.2, 0.25) is 5.89 Å². The van der Waals surface area contributed by atoms with E-state index in [1.807, 2.05) is 0 Å². The van der Waals surface area contributed by atoms with Crippen molar-refractivity contribution in [2.24, 2.45) is 0 Å². The Morgan fingerprint density at radius 1 is 1.10 bits per heavy atom. The number of fused-ring (bicyclic) bond motifs is 1. The lowest BCUT2D eigenvalue weighted by Gasteiger charge is -2.35. The van der Waals surface area contributed by atoms with E-state index in [4.69, 9.17) is 13.5 Å². The fourth-order valence-electron chi connectivity index (χ4n) is 4.16. The van der Waals surface area contributed by atoms with E-state index >= 15 is 0 Å². The Bertz CT molecular complexity index is 1200. The van der Waals surface area contributed by atoms with Crippen molar-refractivity contribution in [2.45, 2.75) is 51.5 Å². The first kappa shape index (κ1) is 18.5. The van der Waals surface area contributed by atoms with Gasteiger partial charge in [-0.05, 0) is 38.0 Å². The zero-order valence-corrected chi connectivity index (χ0v) is 16.8. The maximum absolute atomic E-state index is 13.6. The lowest BCUT2D eigenvalue weighted by atomic mass is 9.80. The molecule has 0 unspecified atom stereocenters. The molecule has 9 heteroatoms. The van der Waals surface area contributed by atoms with E-state index in [1.54, 1.807) is 38.3 Å². The van der Waals surface area contributed by atoms with Gasteiger partial charge in [0.15, 0.2) is 11.6 Å². The molecule has 4 heterocycles. The highest BCUT2D eigenvalue weighted by molar-refractivity contribution is 6.07. The second-order valence-corrected chi connectivity index (χ2v) is 7.71. The van der Waals surface area contributed by atoms with Crippen LogP contribution < -0.4 is 5.32 Å². The largest absolute Gasteiger partial charge is 0.463 e. The standard InChI is InChI=1S/C21H21N5O4/c1-12-17-14(11-15(16-7-6-10-28-16)23-19(17)30-25-12)18(27)24-21(8-4-3-5-9-21)20-22-13(2)29-26-20/h6-7,10-11H,3-5,8-9H2,1-2H3,(H,24,27). The predicted molar refractivity (Wildman–Crippen MR) is 106 cm³/mol. The van der Waals surface area contributed by atoms with E-state index in [0.29, 0.717) is 45.5 Å². The van der Waals surface area contributed by atoms with Crippen LogP contribution in [0.15, 0.2) is 37.9 Å². The third kappa shape index (κ3) is 3.06. The Labute approximate surface area is 171 Å². The molecule has 30 heavy (non-hydrogen) atoms. The Balaban J connectivity index is 1.59. The number of pyridine rings is 1. The summed E-state index contributed by atoms with van der Waals surface area (Å²) in [5.41, 5.74) is 1.15. The number of nitrogens with zero attached hydrogens (tertiary/aromatic N) is 4. The fourth-order valence-corrected chi connectivity index (χ4v) is 4.16. The average Bonchev–Trinajstić information content (AvgIpc) is 3.50. The summed E-state index contributed by atoms with van der Waals surface area (Å²) >= 11 is 0. The first-order chi connectivity index (χ1) is 14.6. The van der Waals surface area contributed by atoms with Gasteiger partial charge in [-0.25, -0.2) is 4.98 Å². The zero-order valence-electron chi connectivity index (χ0n) is 16.8. The second-order valence-electron chi connectivity index (χ2n) is 7.71. The summed E-state index contributed by atoms with van der Waals surface area (Å²) in [4.78, 5) is 22.5. The van der Waals surface area contributed by atoms with Crippen LogP contribution in [0.4, 0.5) is 0 Å². The quantitative estimate of drug-likeness (QED) is 0.537. The Morgan fingerprint density at radius 3 is 2.63 bits per heavy atom. The van der Waals surface area contributed by atoms with Gasteiger partial charge in [0.05, 0.1) is 22.9 Å². The van der Waals surface area contributed by atoms with E-state index in [0.717, 1.165) is 32.1 Å². The van der Waals surface area contributed by atoms with E-state index in [9.17, 15) is 4.79 Å². The minimum atomic E-state index is -0.668. The predicted octanol–water partition coefficient (Wildman–Crippen LogP) is 4.07. The van der Waals surface area contributed by atoms with Crippen LogP contribution in [-0.2, 0) is 5.54 Å². The third-order valence-corrected chi connectivity index (χ3v) is 5.65. The number of furan rings is 1. The lowest BCUT2D eigenvalue weighted by Crippen LogP contribution is -2.48. The molecule has 0 bridgehead atoms. The molecule has 4 aromatic heterocycles. The van der Waals surface area contributed by atoms with Gasteiger partial charge >= 0.3 is 0 Å². The molecule has 0 atom stereocenters. The Morgan fingerprint density at radius 2 is 1.93 bits per heavy atom. The first-order valence-corrected chi connectivity index (χ1v) is 10.00. The Hall–Kier alpha value is -3.49. The highest BCUT2D eigenvalue weighted by Gasteiger charge is 2.40. The van der Waals surface area contributed by atoms with E-state index in [-0.39, 0.29) is 5.91 Å². The summed E-state index contributed by atoms with van der Waals surface area (Å²) in [5.74, 6) is 1.28. The molecule has 1 aliphatic rings. The minimum absolute atomic E-state index is 0.258. The smallest absolute Gasteiger partial charge is 0.259 e. The van der Waals surface area contributed by atoms with Gasteiger partial charge in [0.25, 0.3) is 11.6 Å². The zero-order chi connectivity index (χ0) is 20.7. The summed E-state index contributed by atoms with van der Waals surface area (Å²) in [5, 5.41) is 11.9. The molecule has 1 amide bonds. The van der Waals surface area contributed by atoms with Gasteiger partial charge in [-0.3, -0.25) is 4.79 Å².